The number of nitrogens with one attached hydrogen (secondary N) is 1. The smallest absolute Gasteiger partial charge is 0.414 e. The van der Waals surface area contributed by atoms with Gasteiger partial charge < -0.3 is 14.8 Å². The molecule has 7 nitrogen and oxygen atoms in total. The average molecular weight is 460 g/mol. The summed E-state index contributed by atoms with van der Waals surface area (Å²) >= 11 is 6.40. The number of aromatic nitrogens is 1. The average Bonchev–Trinajstić information content (AvgIpc) is 2.68. The van der Waals surface area contributed by atoms with Crippen molar-refractivity contribution in [1.82, 2.24) is 10.3 Å². The topological polar surface area (TPSA) is 80.8 Å². The van der Waals surface area contributed by atoms with Crippen LogP contribution in [0.25, 0.3) is 6.08 Å². The van der Waals surface area contributed by atoms with Gasteiger partial charge >= 0.3 is 6.09 Å². The Labute approximate surface area is 194 Å². The van der Waals surface area contributed by atoms with Crippen molar-refractivity contribution in [2.75, 3.05) is 11.4 Å². The minimum absolute atomic E-state index is 0.0795. The third-order valence-corrected chi connectivity index (χ3v) is 4.43. The van der Waals surface area contributed by atoms with Gasteiger partial charge in [-0.3, -0.25) is 9.69 Å². The molecular formula is C24H30ClN3O4. The first-order valence-corrected chi connectivity index (χ1v) is 10.8. The van der Waals surface area contributed by atoms with Crippen molar-refractivity contribution >= 4 is 35.4 Å². The number of anilines is 1. The van der Waals surface area contributed by atoms with E-state index in [0.717, 1.165) is 5.56 Å². The molecule has 1 atom stereocenters. The third kappa shape index (κ3) is 7.89. The second-order valence-corrected chi connectivity index (χ2v) is 8.63. The van der Waals surface area contributed by atoms with Crippen molar-refractivity contribution < 1.29 is 19.1 Å². The number of nitrogens with zero attached hydrogens (tertiary/aromatic N) is 2. The Balaban J connectivity index is 2.08. The van der Waals surface area contributed by atoms with Crippen molar-refractivity contribution in [2.45, 2.75) is 53.2 Å². The Morgan fingerprint density at radius 1 is 1.25 bits per heavy atom. The first-order valence-electron chi connectivity index (χ1n) is 10.4. The van der Waals surface area contributed by atoms with E-state index < -0.39 is 11.7 Å². The highest BCUT2D eigenvalue weighted by Crippen LogP contribution is 2.32. The van der Waals surface area contributed by atoms with Crippen LogP contribution < -0.4 is 15.0 Å². The van der Waals surface area contributed by atoms with E-state index in [0.29, 0.717) is 28.9 Å². The monoisotopic (exact) mass is 459 g/mol. The van der Waals surface area contributed by atoms with Crippen molar-refractivity contribution in [2.24, 2.45) is 0 Å². The van der Waals surface area contributed by atoms with E-state index in [1.54, 1.807) is 30.5 Å². The van der Waals surface area contributed by atoms with Crippen LogP contribution in [0.5, 0.6) is 11.6 Å². The highest BCUT2D eigenvalue weighted by molar-refractivity contribution is 6.32. The van der Waals surface area contributed by atoms with Crippen LogP contribution >= 0.6 is 11.6 Å². The Morgan fingerprint density at radius 3 is 2.50 bits per heavy atom. The summed E-state index contributed by atoms with van der Waals surface area (Å²) in [5, 5.41) is 3.13. The Kier molecular flexibility index (Phi) is 8.66. The van der Waals surface area contributed by atoms with Crippen LogP contribution in [0.4, 0.5) is 10.5 Å². The number of hydrogen-bond acceptors (Lipinski definition) is 5. The second kappa shape index (κ2) is 11.0. The largest absolute Gasteiger partial charge is 0.443 e. The van der Waals surface area contributed by atoms with Gasteiger partial charge in [-0.25, -0.2) is 9.78 Å². The van der Waals surface area contributed by atoms with Gasteiger partial charge in [0.1, 0.15) is 11.4 Å². The third-order valence-electron chi connectivity index (χ3n) is 4.14. The van der Waals surface area contributed by atoms with Gasteiger partial charge in [0.05, 0.1) is 5.02 Å². The molecule has 0 aliphatic carbocycles. The van der Waals surface area contributed by atoms with Gasteiger partial charge in [-0.05, 0) is 64.4 Å². The van der Waals surface area contributed by atoms with E-state index in [2.05, 4.69) is 10.3 Å². The lowest BCUT2D eigenvalue weighted by atomic mass is 10.2. The molecule has 0 saturated carbocycles. The molecule has 0 saturated heterocycles. The molecule has 2 aromatic rings. The maximum Gasteiger partial charge on any atom is 0.414 e. The summed E-state index contributed by atoms with van der Waals surface area (Å²) in [4.78, 5) is 29.3. The lowest BCUT2D eigenvalue weighted by Gasteiger charge is -2.26. The van der Waals surface area contributed by atoms with Crippen LogP contribution in [-0.2, 0) is 9.53 Å². The molecule has 0 aliphatic rings. The van der Waals surface area contributed by atoms with Crippen molar-refractivity contribution in [3.05, 3.63) is 53.2 Å². The molecular weight excluding hydrogens is 430 g/mol. The zero-order valence-electron chi connectivity index (χ0n) is 19.3. The van der Waals surface area contributed by atoms with E-state index in [1.807, 2.05) is 52.8 Å². The molecule has 1 heterocycles. The molecule has 2 amide bonds. The predicted molar refractivity (Wildman–Crippen MR) is 127 cm³/mol. The molecule has 172 valence electrons. The summed E-state index contributed by atoms with van der Waals surface area (Å²) in [6, 6.07) is 8.59. The lowest BCUT2D eigenvalue weighted by molar-refractivity contribution is -0.119. The molecule has 0 aliphatic heterocycles. The predicted octanol–water partition coefficient (Wildman–Crippen LogP) is 5.83. The van der Waals surface area contributed by atoms with E-state index in [1.165, 1.54) is 11.8 Å². The summed E-state index contributed by atoms with van der Waals surface area (Å²) in [6.45, 7) is 11.1. The maximum absolute atomic E-state index is 12.5. The SMILES string of the molecule is CCN(C(=O)OC(C)(C)C)c1ccc(Oc2ccc(/C=C/[C@H](C)NC(C)=O)cn2)c(Cl)c1. The first kappa shape index (κ1) is 25.2. The molecule has 0 radical (unpaired) electrons. The molecule has 32 heavy (non-hydrogen) atoms. The van der Waals surface area contributed by atoms with E-state index >= 15 is 0 Å². The molecule has 1 N–H and O–H groups in total. The van der Waals surface area contributed by atoms with E-state index in [9.17, 15) is 9.59 Å². The van der Waals surface area contributed by atoms with Crippen LogP contribution in [0.1, 0.15) is 47.1 Å². The van der Waals surface area contributed by atoms with Crippen LogP contribution in [0, 0.1) is 0 Å². The van der Waals surface area contributed by atoms with Crippen molar-refractivity contribution in [3.63, 3.8) is 0 Å². The van der Waals surface area contributed by atoms with E-state index in [-0.39, 0.29) is 11.9 Å². The fourth-order valence-electron chi connectivity index (χ4n) is 2.76. The molecule has 0 unspecified atom stereocenters. The molecule has 2 rings (SSSR count). The number of benzene rings is 1. The van der Waals surface area contributed by atoms with Gasteiger partial charge in [-0.2, -0.15) is 0 Å². The highest BCUT2D eigenvalue weighted by atomic mass is 35.5. The zero-order chi connectivity index (χ0) is 23.9. The van der Waals surface area contributed by atoms with Crippen LogP contribution in [0.15, 0.2) is 42.6 Å². The summed E-state index contributed by atoms with van der Waals surface area (Å²) in [7, 11) is 0. The summed E-state index contributed by atoms with van der Waals surface area (Å²) in [5.74, 6) is 0.719. The fourth-order valence-corrected chi connectivity index (χ4v) is 2.98. The van der Waals surface area contributed by atoms with Crippen LogP contribution in [-0.4, -0.2) is 35.2 Å². The normalized spacial score (nSPS) is 12.3. The van der Waals surface area contributed by atoms with Gasteiger partial charge in [-0.15, -0.1) is 0 Å². The molecule has 0 bridgehead atoms. The minimum Gasteiger partial charge on any atom is -0.443 e. The number of pyridine rings is 1. The number of carbonyl (C=O) groups excluding carboxylic acids is 2. The number of ether oxygens (including phenoxy) is 2. The molecule has 0 spiro atoms. The second-order valence-electron chi connectivity index (χ2n) is 8.22. The van der Waals surface area contributed by atoms with Gasteiger partial charge in [-0.1, -0.05) is 23.8 Å². The summed E-state index contributed by atoms with van der Waals surface area (Å²) in [5.41, 5.74) is 0.889. The number of amides is 2. The van der Waals surface area contributed by atoms with Gasteiger partial charge in [0.15, 0.2) is 0 Å². The van der Waals surface area contributed by atoms with Crippen LogP contribution in [0.3, 0.4) is 0 Å². The first-order chi connectivity index (χ1) is 15.0. The van der Waals surface area contributed by atoms with Gasteiger partial charge in [0.2, 0.25) is 11.8 Å². The summed E-state index contributed by atoms with van der Waals surface area (Å²) in [6.07, 6.45) is 4.96. The standard InChI is InChI=1S/C24H30ClN3O4/c1-7-28(23(30)32-24(4,5)6)19-11-12-21(20(25)14-19)31-22-13-10-18(15-26-22)9-8-16(2)27-17(3)29/h8-16H,7H2,1-6H3,(H,27,29)/b9-8+/t16-/m0/s1. The highest BCUT2D eigenvalue weighted by Gasteiger charge is 2.23. The summed E-state index contributed by atoms with van der Waals surface area (Å²) < 4.78 is 11.2. The molecule has 1 aromatic carbocycles. The maximum atomic E-state index is 12.5. The Bertz CT molecular complexity index is 968. The van der Waals surface area contributed by atoms with Gasteiger partial charge in [0.25, 0.3) is 0 Å². The molecule has 1 aromatic heterocycles. The number of halogens is 1. The lowest BCUT2D eigenvalue weighted by Crippen LogP contribution is -2.36. The quantitative estimate of drug-likeness (QED) is 0.563. The number of hydrogen-bond donors (Lipinski definition) is 1. The van der Waals surface area contributed by atoms with E-state index in [4.69, 9.17) is 21.1 Å². The van der Waals surface area contributed by atoms with Crippen LogP contribution in [0.2, 0.25) is 5.02 Å². The Hall–Kier alpha value is -3.06. The molecule has 8 heteroatoms. The van der Waals surface area contributed by atoms with Crippen molar-refractivity contribution in [3.8, 4) is 11.6 Å². The Morgan fingerprint density at radius 2 is 1.97 bits per heavy atom. The minimum atomic E-state index is -0.591. The number of carbonyl (C=O) groups is 2. The van der Waals surface area contributed by atoms with Crippen molar-refractivity contribution in [1.29, 1.82) is 0 Å². The fraction of sp³-hybridized carbons (Fsp3) is 0.375. The van der Waals surface area contributed by atoms with Gasteiger partial charge in [0, 0.05) is 37.5 Å². The molecule has 0 fully saturated rings. The zero-order valence-corrected chi connectivity index (χ0v) is 20.1. The number of rotatable bonds is 7.